The Kier molecular flexibility index (Phi) is 6.77. The number of aryl methyl sites for hydroxylation is 2. The highest BCUT2D eigenvalue weighted by Gasteiger charge is 2.24. The highest BCUT2D eigenvalue weighted by Crippen LogP contribution is 2.17. The average molecular weight is 374 g/mol. The van der Waals surface area contributed by atoms with Gasteiger partial charge in [-0.25, -0.2) is 0 Å². The number of carbonyl (C=O) groups is 2. The maximum atomic E-state index is 12.3. The van der Waals surface area contributed by atoms with E-state index in [0.29, 0.717) is 13.0 Å². The number of halogens is 1. The zero-order chi connectivity index (χ0) is 17.8. The lowest BCUT2D eigenvalue weighted by Gasteiger charge is -2.25. The number of nitrogens with one attached hydrogen (secondary N) is 3. The van der Waals surface area contributed by atoms with Crippen molar-refractivity contribution in [3.63, 3.8) is 0 Å². The van der Waals surface area contributed by atoms with E-state index in [9.17, 15) is 9.59 Å². The number of benzene rings is 2. The van der Waals surface area contributed by atoms with E-state index in [1.54, 1.807) is 0 Å². The van der Waals surface area contributed by atoms with Gasteiger partial charge in [0.15, 0.2) is 0 Å². The first-order valence-electron chi connectivity index (χ1n) is 8.48. The lowest BCUT2D eigenvalue weighted by Crippen LogP contribution is -2.49. The quantitative estimate of drug-likeness (QED) is 0.771. The minimum atomic E-state index is -0.302. The summed E-state index contributed by atoms with van der Waals surface area (Å²) in [6.07, 6.45) is 0.640. The Hall–Kier alpha value is -2.37. The van der Waals surface area contributed by atoms with Crippen molar-refractivity contribution in [2.75, 3.05) is 11.9 Å². The summed E-state index contributed by atoms with van der Waals surface area (Å²) >= 11 is 0. The van der Waals surface area contributed by atoms with Gasteiger partial charge in [0.2, 0.25) is 11.8 Å². The van der Waals surface area contributed by atoms with Gasteiger partial charge < -0.3 is 16.0 Å². The first-order valence-corrected chi connectivity index (χ1v) is 8.48. The van der Waals surface area contributed by atoms with Gasteiger partial charge in [-0.05, 0) is 43.0 Å². The molecule has 1 aliphatic rings. The fourth-order valence-electron chi connectivity index (χ4n) is 3.08. The monoisotopic (exact) mass is 373 g/mol. The first-order chi connectivity index (χ1) is 12.0. The van der Waals surface area contributed by atoms with Crippen molar-refractivity contribution < 1.29 is 9.59 Å². The van der Waals surface area contributed by atoms with Crippen LogP contribution in [0.4, 0.5) is 5.69 Å². The Morgan fingerprint density at radius 1 is 1.12 bits per heavy atom. The van der Waals surface area contributed by atoms with Gasteiger partial charge in [0.1, 0.15) is 0 Å². The van der Waals surface area contributed by atoms with Crippen LogP contribution in [-0.4, -0.2) is 24.4 Å². The molecule has 2 amide bonds. The van der Waals surface area contributed by atoms with Crippen LogP contribution in [0.3, 0.4) is 0 Å². The summed E-state index contributed by atoms with van der Waals surface area (Å²) in [7, 11) is 0. The summed E-state index contributed by atoms with van der Waals surface area (Å²) in [5, 5.41) is 8.78. The molecule has 0 bridgehead atoms. The molecular weight excluding hydrogens is 350 g/mol. The van der Waals surface area contributed by atoms with Crippen LogP contribution < -0.4 is 16.0 Å². The second kappa shape index (κ2) is 8.83. The van der Waals surface area contributed by atoms with Crippen LogP contribution in [0.5, 0.6) is 0 Å². The zero-order valence-corrected chi connectivity index (χ0v) is 15.8. The van der Waals surface area contributed by atoms with E-state index in [2.05, 4.69) is 22.0 Å². The topological polar surface area (TPSA) is 70.2 Å². The summed E-state index contributed by atoms with van der Waals surface area (Å²) in [6, 6.07) is 13.6. The van der Waals surface area contributed by atoms with Crippen LogP contribution >= 0.6 is 12.4 Å². The second-order valence-corrected chi connectivity index (χ2v) is 6.49. The summed E-state index contributed by atoms with van der Waals surface area (Å²) in [4.78, 5) is 24.4. The molecule has 2 aromatic rings. The molecule has 0 aliphatic carbocycles. The van der Waals surface area contributed by atoms with Gasteiger partial charge in [-0.3, -0.25) is 9.59 Å². The Morgan fingerprint density at radius 3 is 2.58 bits per heavy atom. The SMILES string of the molecule is Cc1ccc(NC(=O)CNC(=O)[C@@H]2Cc3ccccc3CN2)c(C)c1.Cl. The van der Waals surface area contributed by atoms with Gasteiger partial charge in [-0.1, -0.05) is 42.0 Å². The van der Waals surface area contributed by atoms with Crippen LogP contribution in [0.1, 0.15) is 22.3 Å². The molecule has 1 aliphatic heterocycles. The van der Waals surface area contributed by atoms with E-state index in [-0.39, 0.29) is 36.8 Å². The Bertz CT molecular complexity index is 807. The summed E-state index contributed by atoms with van der Waals surface area (Å²) in [5.74, 6) is -0.373. The van der Waals surface area contributed by atoms with E-state index in [1.165, 1.54) is 11.1 Å². The minimum Gasteiger partial charge on any atom is -0.346 e. The Labute approximate surface area is 160 Å². The fraction of sp³-hybridized carbons (Fsp3) is 0.300. The van der Waals surface area contributed by atoms with Crippen molar-refractivity contribution in [1.29, 1.82) is 0 Å². The summed E-state index contributed by atoms with van der Waals surface area (Å²) in [5.41, 5.74) is 5.33. The zero-order valence-electron chi connectivity index (χ0n) is 15.0. The molecule has 6 heteroatoms. The molecular formula is C20H24ClN3O2. The maximum Gasteiger partial charge on any atom is 0.243 e. The van der Waals surface area contributed by atoms with E-state index in [0.717, 1.165) is 16.8 Å². The molecule has 0 unspecified atom stereocenters. The summed E-state index contributed by atoms with van der Waals surface area (Å²) < 4.78 is 0. The Morgan fingerprint density at radius 2 is 1.85 bits per heavy atom. The Balaban J connectivity index is 0.00000243. The number of amides is 2. The van der Waals surface area contributed by atoms with Gasteiger partial charge in [-0.2, -0.15) is 0 Å². The predicted octanol–water partition coefficient (Wildman–Crippen LogP) is 2.49. The summed E-state index contributed by atoms with van der Waals surface area (Å²) in [6.45, 7) is 4.59. The van der Waals surface area contributed by atoms with Gasteiger partial charge in [0, 0.05) is 12.2 Å². The fourth-order valence-corrected chi connectivity index (χ4v) is 3.08. The average Bonchev–Trinajstić information content (AvgIpc) is 2.61. The standard InChI is InChI=1S/C20H23N3O2.ClH/c1-13-7-8-17(14(2)9-13)23-19(24)12-22-20(25)18-10-15-5-3-4-6-16(15)11-21-18;/h3-9,18,21H,10-12H2,1-2H3,(H,22,25)(H,23,24);1H/t18-;/m0./s1. The predicted molar refractivity (Wildman–Crippen MR) is 106 cm³/mol. The number of carbonyl (C=O) groups excluding carboxylic acids is 2. The van der Waals surface area contributed by atoms with E-state index in [1.807, 2.05) is 50.2 Å². The van der Waals surface area contributed by atoms with Crippen molar-refractivity contribution in [2.24, 2.45) is 0 Å². The van der Waals surface area contributed by atoms with Gasteiger partial charge in [0.25, 0.3) is 0 Å². The molecule has 26 heavy (non-hydrogen) atoms. The molecule has 0 fully saturated rings. The maximum absolute atomic E-state index is 12.3. The van der Waals surface area contributed by atoms with Crippen molar-refractivity contribution in [2.45, 2.75) is 32.9 Å². The third-order valence-corrected chi connectivity index (χ3v) is 4.48. The van der Waals surface area contributed by atoms with Crippen molar-refractivity contribution in [3.05, 3.63) is 64.7 Å². The highest BCUT2D eigenvalue weighted by atomic mass is 35.5. The number of hydrogen-bond acceptors (Lipinski definition) is 3. The molecule has 138 valence electrons. The number of hydrogen-bond donors (Lipinski definition) is 3. The van der Waals surface area contributed by atoms with Crippen LogP contribution in [0.25, 0.3) is 0 Å². The number of rotatable bonds is 4. The van der Waals surface area contributed by atoms with Gasteiger partial charge >= 0.3 is 0 Å². The van der Waals surface area contributed by atoms with Crippen LogP contribution in [0.15, 0.2) is 42.5 Å². The third-order valence-electron chi connectivity index (χ3n) is 4.48. The molecule has 3 rings (SSSR count). The molecule has 0 saturated heterocycles. The second-order valence-electron chi connectivity index (χ2n) is 6.49. The minimum absolute atomic E-state index is 0. The van der Waals surface area contributed by atoms with Gasteiger partial charge in [0.05, 0.1) is 12.6 Å². The molecule has 0 radical (unpaired) electrons. The van der Waals surface area contributed by atoms with Crippen LogP contribution in [0.2, 0.25) is 0 Å². The van der Waals surface area contributed by atoms with E-state index in [4.69, 9.17) is 0 Å². The lowest BCUT2D eigenvalue weighted by atomic mass is 9.95. The molecule has 1 heterocycles. The van der Waals surface area contributed by atoms with Crippen molar-refractivity contribution in [1.82, 2.24) is 10.6 Å². The molecule has 0 saturated carbocycles. The lowest BCUT2D eigenvalue weighted by molar-refractivity contribution is -0.125. The first kappa shape index (κ1) is 19.9. The number of fused-ring (bicyclic) bond motifs is 1. The third kappa shape index (κ3) is 4.84. The molecule has 5 nitrogen and oxygen atoms in total. The van der Waals surface area contributed by atoms with Crippen LogP contribution in [0, 0.1) is 13.8 Å². The molecule has 1 atom stereocenters. The molecule has 3 N–H and O–H groups in total. The largest absolute Gasteiger partial charge is 0.346 e. The van der Waals surface area contributed by atoms with Crippen LogP contribution in [-0.2, 0) is 22.6 Å². The molecule has 0 spiro atoms. The van der Waals surface area contributed by atoms with Crippen molar-refractivity contribution >= 4 is 29.9 Å². The van der Waals surface area contributed by atoms with Crippen molar-refractivity contribution in [3.8, 4) is 0 Å². The smallest absolute Gasteiger partial charge is 0.243 e. The molecule has 0 aromatic heterocycles. The van der Waals surface area contributed by atoms with Gasteiger partial charge in [-0.15, -0.1) is 12.4 Å². The van der Waals surface area contributed by atoms with E-state index < -0.39 is 0 Å². The number of anilines is 1. The highest BCUT2D eigenvalue weighted by molar-refractivity contribution is 5.95. The normalized spacial score (nSPS) is 15.4. The van der Waals surface area contributed by atoms with E-state index >= 15 is 0 Å². The molecule has 2 aromatic carbocycles.